The number of carbonyl (C=O) groups excluding carboxylic acids is 3. The predicted octanol–water partition coefficient (Wildman–Crippen LogP) is 3.80. The minimum atomic E-state index is -1.00. The van der Waals surface area contributed by atoms with Gasteiger partial charge in [-0.3, -0.25) is 14.4 Å². The van der Waals surface area contributed by atoms with Gasteiger partial charge < -0.3 is 20.2 Å². The summed E-state index contributed by atoms with van der Waals surface area (Å²) in [5, 5.41) is 5.53. The molecule has 0 radical (unpaired) electrons. The average Bonchev–Trinajstić information content (AvgIpc) is 3.17. The SMILES string of the molecule is C[C@@H](OC(=O)Cc1coc2ccc3ccccc3c12)C(=O)Nc1ccc(C(N)=O)cc1. The molecule has 0 aliphatic rings. The van der Waals surface area contributed by atoms with Gasteiger partial charge in [-0.25, -0.2) is 0 Å². The molecule has 0 bridgehead atoms. The maximum Gasteiger partial charge on any atom is 0.311 e. The zero-order chi connectivity index (χ0) is 22.0. The molecule has 0 saturated heterocycles. The van der Waals surface area contributed by atoms with E-state index in [2.05, 4.69) is 5.32 Å². The number of anilines is 1. The van der Waals surface area contributed by atoms with Gasteiger partial charge in [0.25, 0.3) is 5.91 Å². The Morgan fingerprint density at radius 3 is 2.52 bits per heavy atom. The average molecular weight is 416 g/mol. The Bertz CT molecular complexity index is 1290. The van der Waals surface area contributed by atoms with E-state index in [1.807, 2.05) is 36.4 Å². The molecule has 7 heteroatoms. The molecule has 3 aromatic carbocycles. The number of rotatable bonds is 6. The van der Waals surface area contributed by atoms with Crippen LogP contribution in [0.4, 0.5) is 5.69 Å². The highest BCUT2D eigenvalue weighted by molar-refractivity contribution is 6.08. The van der Waals surface area contributed by atoms with Gasteiger partial charge in [-0.05, 0) is 48.0 Å². The molecule has 4 aromatic rings. The number of hydrogen-bond donors (Lipinski definition) is 2. The molecule has 0 aliphatic heterocycles. The van der Waals surface area contributed by atoms with Crippen LogP contribution in [0, 0.1) is 0 Å². The molecule has 156 valence electrons. The largest absolute Gasteiger partial charge is 0.464 e. The van der Waals surface area contributed by atoms with Crippen molar-refractivity contribution in [3.05, 3.63) is 78.1 Å². The second-order valence-corrected chi connectivity index (χ2v) is 7.16. The number of fused-ring (bicyclic) bond motifs is 3. The highest BCUT2D eigenvalue weighted by Crippen LogP contribution is 2.30. The van der Waals surface area contributed by atoms with Crippen LogP contribution in [0.1, 0.15) is 22.8 Å². The van der Waals surface area contributed by atoms with Gasteiger partial charge in [-0.15, -0.1) is 0 Å². The van der Waals surface area contributed by atoms with Crippen LogP contribution in [0.25, 0.3) is 21.7 Å². The van der Waals surface area contributed by atoms with Crippen LogP contribution in [-0.4, -0.2) is 23.9 Å². The van der Waals surface area contributed by atoms with Crippen molar-refractivity contribution in [2.75, 3.05) is 5.32 Å². The summed E-state index contributed by atoms with van der Waals surface area (Å²) in [7, 11) is 0. The Morgan fingerprint density at radius 1 is 1.03 bits per heavy atom. The first kappa shape index (κ1) is 20.2. The van der Waals surface area contributed by atoms with Crippen LogP contribution in [-0.2, 0) is 20.7 Å². The molecular formula is C24H20N2O5. The Kier molecular flexibility index (Phi) is 5.41. The minimum absolute atomic E-state index is 0.0219. The lowest BCUT2D eigenvalue weighted by atomic mass is 10.0. The van der Waals surface area contributed by atoms with Gasteiger partial charge in [0.1, 0.15) is 5.58 Å². The lowest BCUT2D eigenvalue weighted by Crippen LogP contribution is -2.30. The molecule has 0 aliphatic carbocycles. The van der Waals surface area contributed by atoms with Crippen LogP contribution in [0.3, 0.4) is 0 Å². The van der Waals surface area contributed by atoms with Gasteiger partial charge in [0, 0.05) is 22.2 Å². The number of ether oxygens (including phenoxy) is 1. The van der Waals surface area contributed by atoms with Crippen molar-refractivity contribution in [3.8, 4) is 0 Å². The van der Waals surface area contributed by atoms with E-state index in [0.29, 0.717) is 22.4 Å². The van der Waals surface area contributed by atoms with E-state index in [1.165, 1.54) is 19.1 Å². The number of nitrogens with two attached hydrogens (primary N) is 1. The predicted molar refractivity (Wildman–Crippen MR) is 117 cm³/mol. The highest BCUT2D eigenvalue weighted by Gasteiger charge is 2.20. The van der Waals surface area contributed by atoms with E-state index in [0.717, 1.165) is 16.2 Å². The molecule has 2 amide bonds. The molecule has 3 N–H and O–H groups in total. The van der Waals surface area contributed by atoms with Crippen molar-refractivity contribution in [2.24, 2.45) is 5.73 Å². The van der Waals surface area contributed by atoms with Crippen LogP contribution in [0.2, 0.25) is 0 Å². The van der Waals surface area contributed by atoms with Gasteiger partial charge >= 0.3 is 5.97 Å². The molecule has 1 aromatic heterocycles. The number of furan rings is 1. The van der Waals surface area contributed by atoms with Crippen LogP contribution in [0.15, 0.2) is 71.3 Å². The summed E-state index contributed by atoms with van der Waals surface area (Å²) in [6.45, 7) is 1.49. The molecule has 0 unspecified atom stereocenters. The Morgan fingerprint density at radius 2 is 1.77 bits per heavy atom. The summed E-state index contributed by atoms with van der Waals surface area (Å²) in [6, 6.07) is 17.8. The van der Waals surface area contributed by atoms with Crippen molar-refractivity contribution in [2.45, 2.75) is 19.4 Å². The minimum Gasteiger partial charge on any atom is -0.464 e. The summed E-state index contributed by atoms with van der Waals surface area (Å²) in [4.78, 5) is 36.0. The third kappa shape index (κ3) is 4.25. The van der Waals surface area contributed by atoms with Gasteiger partial charge in [0.2, 0.25) is 5.91 Å². The molecular weight excluding hydrogens is 396 g/mol. The number of amides is 2. The third-order valence-electron chi connectivity index (χ3n) is 4.99. The summed E-state index contributed by atoms with van der Waals surface area (Å²) < 4.78 is 10.9. The number of benzene rings is 3. The normalized spacial score (nSPS) is 11.9. The summed E-state index contributed by atoms with van der Waals surface area (Å²) in [5.41, 5.74) is 7.38. The lowest BCUT2D eigenvalue weighted by molar-refractivity contribution is -0.152. The summed E-state index contributed by atoms with van der Waals surface area (Å²) in [6.07, 6.45) is 0.522. The maximum atomic E-state index is 12.5. The van der Waals surface area contributed by atoms with E-state index in [4.69, 9.17) is 14.9 Å². The second kappa shape index (κ2) is 8.31. The van der Waals surface area contributed by atoms with Gasteiger partial charge in [-0.2, -0.15) is 0 Å². The number of nitrogens with one attached hydrogen (secondary N) is 1. The number of primary amides is 1. The molecule has 1 heterocycles. The molecule has 7 nitrogen and oxygen atoms in total. The quantitative estimate of drug-likeness (QED) is 0.465. The fourth-order valence-electron chi connectivity index (χ4n) is 3.41. The van der Waals surface area contributed by atoms with Crippen LogP contribution < -0.4 is 11.1 Å². The van der Waals surface area contributed by atoms with E-state index >= 15 is 0 Å². The second-order valence-electron chi connectivity index (χ2n) is 7.16. The van der Waals surface area contributed by atoms with E-state index in [1.54, 1.807) is 18.4 Å². The Hall–Kier alpha value is -4.13. The smallest absolute Gasteiger partial charge is 0.311 e. The lowest BCUT2D eigenvalue weighted by Gasteiger charge is -2.13. The zero-order valence-corrected chi connectivity index (χ0v) is 16.8. The standard InChI is InChI=1S/C24H20N2O5/c1-14(24(29)26-18-9-6-16(7-10-18)23(25)28)31-21(27)12-17-13-30-20-11-8-15-4-2-3-5-19(15)22(17)20/h2-11,13-14H,12H2,1H3,(H2,25,28)(H,26,29)/t14-/m1/s1. The molecule has 1 atom stereocenters. The summed E-state index contributed by atoms with van der Waals surface area (Å²) >= 11 is 0. The van der Waals surface area contributed by atoms with Crippen molar-refractivity contribution in [3.63, 3.8) is 0 Å². The molecule has 0 saturated carbocycles. The fourth-order valence-corrected chi connectivity index (χ4v) is 3.41. The monoisotopic (exact) mass is 416 g/mol. The topological polar surface area (TPSA) is 112 Å². The Balaban J connectivity index is 1.43. The van der Waals surface area contributed by atoms with Gasteiger partial charge in [-0.1, -0.05) is 30.3 Å². The zero-order valence-electron chi connectivity index (χ0n) is 16.8. The summed E-state index contributed by atoms with van der Waals surface area (Å²) in [5.74, 6) is -1.58. The molecule has 0 spiro atoms. The van der Waals surface area contributed by atoms with E-state index in [-0.39, 0.29) is 6.42 Å². The van der Waals surface area contributed by atoms with Crippen molar-refractivity contribution >= 4 is 45.2 Å². The van der Waals surface area contributed by atoms with E-state index in [9.17, 15) is 14.4 Å². The first-order valence-corrected chi connectivity index (χ1v) is 9.70. The molecule has 0 fully saturated rings. The van der Waals surface area contributed by atoms with Crippen LogP contribution >= 0.6 is 0 Å². The first-order chi connectivity index (χ1) is 14.9. The van der Waals surface area contributed by atoms with Crippen LogP contribution in [0.5, 0.6) is 0 Å². The maximum absolute atomic E-state index is 12.5. The number of hydrogen-bond acceptors (Lipinski definition) is 5. The van der Waals surface area contributed by atoms with Gasteiger partial charge in [0.15, 0.2) is 6.10 Å². The third-order valence-corrected chi connectivity index (χ3v) is 4.99. The molecule has 31 heavy (non-hydrogen) atoms. The highest BCUT2D eigenvalue weighted by atomic mass is 16.5. The number of carbonyl (C=O) groups is 3. The number of esters is 1. The van der Waals surface area contributed by atoms with E-state index < -0.39 is 23.9 Å². The van der Waals surface area contributed by atoms with Crippen molar-refractivity contribution in [1.82, 2.24) is 0 Å². The first-order valence-electron chi connectivity index (χ1n) is 9.70. The van der Waals surface area contributed by atoms with Crippen molar-refractivity contribution < 1.29 is 23.5 Å². The van der Waals surface area contributed by atoms with Crippen molar-refractivity contribution in [1.29, 1.82) is 0 Å². The fraction of sp³-hybridized carbons (Fsp3) is 0.125. The van der Waals surface area contributed by atoms with Gasteiger partial charge in [0.05, 0.1) is 12.7 Å². The molecule has 4 rings (SSSR count). The Labute approximate surface area is 177 Å².